The summed E-state index contributed by atoms with van der Waals surface area (Å²) in [5, 5.41) is 15.5. The molecule has 5 nitrogen and oxygen atoms in total. The molecule has 1 aromatic heterocycles. The van der Waals surface area contributed by atoms with Gasteiger partial charge < -0.3 is 15.7 Å². The van der Waals surface area contributed by atoms with Crippen molar-refractivity contribution < 1.29 is 19.1 Å². The zero-order valence-corrected chi connectivity index (χ0v) is 11.0. The van der Waals surface area contributed by atoms with Crippen molar-refractivity contribution in [1.29, 1.82) is 0 Å². The number of nitrogens with one attached hydrogen (secondary N) is 2. The Morgan fingerprint density at radius 3 is 2.55 bits per heavy atom. The first-order chi connectivity index (χ1) is 9.56. The number of carbonyl (C=O) groups excluding carboxylic acids is 1. The minimum atomic E-state index is -1.09. The van der Waals surface area contributed by atoms with Crippen LogP contribution in [0.25, 0.3) is 0 Å². The van der Waals surface area contributed by atoms with Crippen molar-refractivity contribution in [2.24, 2.45) is 0 Å². The molecule has 0 bridgehead atoms. The number of amides is 2. The molecule has 20 heavy (non-hydrogen) atoms. The highest BCUT2D eigenvalue weighted by atomic mass is 32.1. The smallest absolute Gasteiger partial charge is 0.348 e. The normalized spacial score (nSPS) is 10.1. The van der Waals surface area contributed by atoms with Gasteiger partial charge in [0.2, 0.25) is 0 Å². The Morgan fingerprint density at radius 1 is 1.20 bits per heavy atom. The summed E-state index contributed by atoms with van der Waals surface area (Å²) < 4.78 is 12.7. The predicted molar refractivity (Wildman–Crippen MR) is 73.5 cm³/mol. The number of anilines is 1. The number of thiophene rings is 1. The second-order valence-corrected chi connectivity index (χ2v) is 4.82. The van der Waals surface area contributed by atoms with E-state index in [1.807, 2.05) is 0 Å². The maximum absolute atomic E-state index is 12.7. The van der Waals surface area contributed by atoms with Gasteiger partial charge in [-0.2, -0.15) is 0 Å². The molecule has 2 rings (SSSR count). The predicted octanol–water partition coefficient (Wildman–Crippen LogP) is 2.91. The van der Waals surface area contributed by atoms with Gasteiger partial charge in [0.05, 0.1) is 5.69 Å². The van der Waals surface area contributed by atoms with Crippen molar-refractivity contribution in [2.75, 3.05) is 5.32 Å². The SMILES string of the molecule is O=C(NCc1ccc(F)cc1)Nc1ccsc1C(=O)O. The Bertz CT molecular complexity index is 625. The number of urea groups is 1. The summed E-state index contributed by atoms with van der Waals surface area (Å²) in [5.41, 5.74) is 0.990. The molecule has 0 spiro atoms. The first-order valence-electron chi connectivity index (χ1n) is 5.66. The van der Waals surface area contributed by atoms with Gasteiger partial charge in [-0.15, -0.1) is 11.3 Å². The number of halogens is 1. The molecular formula is C13H11FN2O3S. The number of hydrogen-bond acceptors (Lipinski definition) is 3. The number of carboxylic acid groups (broad SMARTS) is 1. The zero-order chi connectivity index (χ0) is 14.5. The van der Waals surface area contributed by atoms with Crippen LogP contribution in [0, 0.1) is 5.82 Å². The lowest BCUT2D eigenvalue weighted by Crippen LogP contribution is -2.28. The second-order valence-electron chi connectivity index (χ2n) is 3.90. The van der Waals surface area contributed by atoms with Crippen molar-refractivity contribution >= 4 is 29.0 Å². The lowest BCUT2D eigenvalue weighted by Gasteiger charge is -2.07. The minimum Gasteiger partial charge on any atom is -0.477 e. The van der Waals surface area contributed by atoms with E-state index in [1.54, 1.807) is 17.5 Å². The number of hydrogen-bond donors (Lipinski definition) is 3. The van der Waals surface area contributed by atoms with E-state index < -0.39 is 12.0 Å². The van der Waals surface area contributed by atoms with Crippen LogP contribution < -0.4 is 10.6 Å². The minimum absolute atomic E-state index is 0.0712. The summed E-state index contributed by atoms with van der Waals surface area (Å²) in [5.74, 6) is -1.43. The molecule has 0 fully saturated rings. The molecule has 0 aliphatic carbocycles. The third-order valence-electron chi connectivity index (χ3n) is 2.47. The van der Waals surface area contributed by atoms with Crippen molar-refractivity contribution in [1.82, 2.24) is 5.32 Å². The lowest BCUT2D eigenvalue weighted by molar-refractivity contribution is 0.0703. The van der Waals surface area contributed by atoms with E-state index in [1.165, 1.54) is 18.2 Å². The van der Waals surface area contributed by atoms with E-state index in [-0.39, 0.29) is 22.9 Å². The molecule has 0 aliphatic heterocycles. The first kappa shape index (κ1) is 14.0. The maximum Gasteiger partial charge on any atom is 0.348 e. The van der Waals surface area contributed by atoms with E-state index >= 15 is 0 Å². The van der Waals surface area contributed by atoms with Gasteiger partial charge in [0, 0.05) is 6.54 Å². The molecule has 0 atom stereocenters. The van der Waals surface area contributed by atoms with E-state index in [9.17, 15) is 14.0 Å². The standard InChI is InChI=1S/C13H11FN2O3S/c14-9-3-1-8(2-4-9)7-15-13(19)16-10-5-6-20-11(10)12(17)18/h1-6H,7H2,(H,17,18)(H2,15,16,19). The monoisotopic (exact) mass is 294 g/mol. The largest absolute Gasteiger partial charge is 0.477 e. The molecule has 2 aromatic rings. The topological polar surface area (TPSA) is 78.4 Å². The second kappa shape index (κ2) is 6.16. The number of rotatable bonds is 4. The van der Waals surface area contributed by atoms with Gasteiger partial charge in [0.1, 0.15) is 10.7 Å². The highest BCUT2D eigenvalue weighted by Gasteiger charge is 2.13. The fraction of sp³-hybridized carbons (Fsp3) is 0.0769. The Balaban J connectivity index is 1.91. The molecule has 104 valence electrons. The average molecular weight is 294 g/mol. The van der Waals surface area contributed by atoms with Crippen LogP contribution in [-0.4, -0.2) is 17.1 Å². The Labute approximate surface area is 118 Å². The Morgan fingerprint density at radius 2 is 1.90 bits per heavy atom. The molecule has 7 heteroatoms. The van der Waals surface area contributed by atoms with E-state index in [4.69, 9.17) is 5.11 Å². The van der Waals surface area contributed by atoms with E-state index in [2.05, 4.69) is 10.6 Å². The van der Waals surface area contributed by atoms with Gasteiger partial charge in [-0.3, -0.25) is 0 Å². The molecule has 1 heterocycles. The third-order valence-corrected chi connectivity index (χ3v) is 3.38. The quantitative estimate of drug-likeness (QED) is 0.811. The van der Waals surface area contributed by atoms with Gasteiger partial charge in [0.25, 0.3) is 0 Å². The highest BCUT2D eigenvalue weighted by molar-refractivity contribution is 7.12. The number of aromatic carboxylic acids is 1. The lowest BCUT2D eigenvalue weighted by atomic mass is 10.2. The maximum atomic E-state index is 12.7. The van der Waals surface area contributed by atoms with Crippen LogP contribution in [0.3, 0.4) is 0 Å². The summed E-state index contributed by atoms with van der Waals surface area (Å²) in [7, 11) is 0. The average Bonchev–Trinajstić information content (AvgIpc) is 2.86. The van der Waals surface area contributed by atoms with Gasteiger partial charge in [-0.05, 0) is 29.1 Å². The Kier molecular flexibility index (Phi) is 4.31. The fourth-order valence-corrected chi connectivity index (χ4v) is 2.21. The van der Waals surface area contributed by atoms with Crippen molar-refractivity contribution in [2.45, 2.75) is 6.54 Å². The van der Waals surface area contributed by atoms with E-state index in [0.29, 0.717) is 0 Å². The molecule has 0 saturated carbocycles. The van der Waals surface area contributed by atoms with Crippen LogP contribution in [0.2, 0.25) is 0 Å². The molecular weight excluding hydrogens is 283 g/mol. The molecule has 0 saturated heterocycles. The number of carboxylic acids is 1. The summed E-state index contributed by atoms with van der Waals surface area (Å²) in [6.07, 6.45) is 0. The van der Waals surface area contributed by atoms with Crippen LogP contribution in [0.4, 0.5) is 14.9 Å². The number of benzene rings is 1. The molecule has 0 radical (unpaired) electrons. The van der Waals surface area contributed by atoms with Gasteiger partial charge in [-0.25, -0.2) is 14.0 Å². The fourth-order valence-electron chi connectivity index (χ4n) is 1.52. The third kappa shape index (κ3) is 3.55. The van der Waals surface area contributed by atoms with Crippen molar-refractivity contribution in [3.8, 4) is 0 Å². The van der Waals surface area contributed by atoms with Gasteiger partial charge in [-0.1, -0.05) is 12.1 Å². The van der Waals surface area contributed by atoms with E-state index in [0.717, 1.165) is 16.9 Å². The van der Waals surface area contributed by atoms with Crippen LogP contribution >= 0.6 is 11.3 Å². The highest BCUT2D eigenvalue weighted by Crippen LogP contribution is 2.21. The summed E-state index contributed by atoms with van der Waals surface area (Å²) in [4.78, 5) is 22.6. The van der Waals surface area contributed by atoms with Crippen molar-refractivity contribution in [3.05, 3.63) is 52.0 Å². The summed E-state index contributed by atoms with van der Waals surface area (Å²) >= 11 is 1.03. The Hall–Kier alpha value is -2.41. The molecule has 0 unspecified atom stereocenters. The van der Waals surface area contributed by atoms with Gasteiger partial charge in [0.15, 0.2) is 0 Å². The molecule has 2 amide bonds. The van der Waals surface area contributed by atoms with Crippen LogP contribution in [-0.2, 0) is 6.54 Å². The molecule has 1 aromatic carbocycles. The summed E-state index contributed by atoms with van der Waals surface area (Å²) in [6, 6.07) is 6.72. The van der Waals surface area contributed by atoms with Crippen molar-refractivity contribution in [3.63, 3.8) is 0 Å². The van der Waals surface area contributed by atoms with Crippen LogP contribution in [0.1, 0.15) is 15.2 Å². The van der Waals surface area contributed by atoms with Crippen LogP contribution in [0.15, 0.2) is 35.7 Å². The molecule has 3 N–H and O–H groups in total. The van der Waals surface area contributed by atoms with Crippen LogP contribution in [0.5, 0.6) is 0 Å². The summed E-state index contributed by atoms with van der Waals surface area (Å²) in [6.45, 7) is 0.221. The zero-order valence-electron chi connectivity index (χ0n) is 10.2. The molecule has 0 aliphatic rings. The first-order valence-corrected chi connectivity index (χ1v) is 6.54. The number of carbonyl (C=O) groups is 2. The van der Waals surface area contributed by atoms with Gasteiger partial charge >= 0.3 is 12.0 Å².